The van der Waals surface area contributed by atoms with Gasteiger partial charge in [0.25, 0.3) is 0 Å². The van der Waals surface area contributed by atoms with Gasteiger partial charge in [0.15, 0.2) is 0 Å². The molecule has 0 amide bonds. The van der Waals surface area contributed by atoms with E-state index in [0.717, 1.165) is 6.42 Å². The lowest BCUT2D eigenvalue weighted by Gasteiger charge is -2.39. The van der Waals surface area contributed by atoms with Crippen molar-refractivity contribution in [2.45, 2.75) is 92.1 Å². The maximum atomic E-state index is 11.6. The van der Waals surface area contributed by atoms with Gasteiger partial charge in [-0.15, -0.1) is 0 Å². The number of hydrogen-bond donors (Lipinski definition) is 0. The first-order valence-electron chi connectivity index (χ1n) is 10.5. The predicted octanol–water partition coefficient (Wildman–Crippen LogP) is 5.38. The Morgan fingerprint density at radius 1 is 0.923 bits per heavy atom. The van der Waals surface area contributed by atoms with Crippen LogP contribution in [0.4, 0.5) is 0 Å². The lowest BCUT2D eigenvalue weighted by molar-refractivity contribution is -0.149. The molecule has 0 saturated carbocycles. The van der Waals surface area contributed by atoms with E-state index in [1.54, 1.807) is 0 Å². The SMILES string of the molecule is COC(=O)C1COCC1OCCCCCCCCCC(C)(C)C(C)(C)C. The Kier molecular flexibility index (Phi) is 10.2. The summed E-state index contributed by atoms with van der Waals surface area (Å²) < 4.78 is 16.0. The summed E-state index contributed by atoms with van der Waals surface area (Å²) in [6.45, 7) is 13.5. The third-order valence-electron chi connectivity index (χ3n) is 6.34. The number of carbonyl (C=O) groups excluding carboxylic acids is 1. The van der Waals surface area contributed by atoms with Gasteiger partial charge in [0.2, 0.25) is 0 Å². The first-order chi connectivity index (χ1) is 12.2. The molecule has 1 rings (SSSR count). The zero-order valence-electron chi connectivity index (χ0n) is 18.1. The molecule has 2 atom stereocenters. The molecule has 1 fully saturated rings. The van der Waals surface area contributed by atoms with Crippen LogP contribution in [0.3, 0.4) is 0 Å². The second kappa shape index (κ2) is 11.3. The minimum atomic E-state index is -0.252. The molecule has 1 aliphatic heterocycles. The number of methoxy groups -OCH3 is 1. The molecule has 0 radical (unpaired) electrons. The first kappa shape index (κ1) is 23.4. The third kappa shape index (κ3) is 7.96. The quantitative estimate of drug-likeness (QED) is 0.341. The summed E-state index contributed by atoms with van der Waals surface area (Å²) in [6.07, 6.45) is 10.0. The molecule has 1 saturated heterocycles. The van der Waals surface area contributed by atoms with Crippen LogP contribution in [-0.4, -0.2) is 39.0 Å². The van der Waals surface area contributed by atoms with Gasteiger partial charge in [-0.05, 0) is 23.7 Å². The first-order valence-corrected chi connectivity index (χ1v) is 10.5. The number of carbonyl (C=O) groups is 1. The smallest absolute Gasteiger partial charge is 0.313 e. The van der Waals surface area contributed by atoms with Crippen LogP contribution in [0.25, 0.3) is 0 Å². The zero-order chi connectivity index (χ0) is 19.6. The van der Waals surface area contributed by atoms with E-state index < -0.39 is 0 Å². The van der Waals surface area contributed by atoms with Crippen LogP contribution in [0.15, 0.2) is 0 Å². The Balaban J connectivity index is 1.98. The van der Waals surface area contributed by atoms with Gasteiger partial charge in [0, 0.05) is 6.61 Å². The Hall–Kier alpha value is -0.610. The Morgan fingerprint density at radius 2 is 1.50 bits per heavy atom. The van der Waals surface area contributed by atoms with Crippen molar-refractivity contribution in [1.82, 2.24) is 0 Å². The highest BCUT2D eigenvalue weighted by Crippen LogP contribution is 2.41. The highest BCUT2D eigenvalue weighted by molar-refractivity contribution is 5.73. The van der Waals surface area contributed by atoms with Crippen LogP contribution in [0.2, 0.25) is 0 Å². The van der Waals surface area contributed by atoms with E-state index in [1.165, 1.54) is 52.1 Å². The lowest BCUT2D eigenvalue weighted by atomic mass is 9.67. The molecular formula is C22H42O4. The molecule has 1 aliphatic rings. The monoisotopic (exact) mass is 370 g/mol. The van der Waals surface area contributed by atoms with Gasteiger partial charge in [-0.1, -0.05) is 73.1 Å². The molecular weight excluding hydrogens is 328 g/mol. The van der Waals surface area contributed by atoms with Crippen molar-refractivity contribution in [3.05, 3.63) is 0 Å². The van der Waals surface area contributed by atoms with E-state index in [2.05, 4.69) is 34.6 Å². The molecule has 0 aliphatic carbocycles. The summed E-state index contributed by atoms with van der Waals surface area (Å²) in [5.41, 5.74) is 0.792. The summed E-state index contributed by atoms with van der Waals surface area (Å²) in [6, 6.07) is 0. The number of unbranched alkanes of at least 4 members (excludes halogenated alkanes) is 6. The molecule has 154 valence electrons. The van der Waals surface area contributed by atoms with Gasteiger partial charge in [0.05, 0.1) is 26.4 Å². The Labute approximate surface area is 161 Å². The molecule has 0 spiro atoms. The minimum Gasteiger partial charge on any atom is -0.469 e. The topological polar surface area (TPSA) is 44.8 Å². The van der Waals surface area contributed by atoms with E-state index >= 15 is 0 Å². The highest BCUT2D eigenvalue weighted by Gasteiger charge is 2.35. The molecule has 0 aromatic carbocycles. The lowest BCUT2D eigenvalue weighted by Crippen LogP contribution is -2.30. The second-order valence-corrected chi connectivity index (χ2v) is 9.44. The van der Waals surface area contributed by atoms with Gasteiger partial charge < -0.3 is 14.2 Å². The zero-order valence-corrected chi connectivity index (χ0v) is 18.1. The summed E-state index contributed by atoms with van der Waals surface area (Å²) in [7, 11) is 1.42. The van der Waals surface area contributed by atoms with Gasteiger partial charge in [-0.25, -0.2) is 0 Å². The number of hydrogen-bond acceptors (Lipinski definition) is 4. The van der Waals surface area contributed by atoms with Gasteiger partial charge >= 0.3 is 5.97 Å². The Bertz CT molecular complexity index is 397. The molecule has 0 N–H and O–H groups in total. The van der Waals surface area contributed by atoms with E-state index in [9.17, 15) is 4.79 Å². The van der Waals surface area contributed by atoms with Crippen molar-refractivity contribution in [2.75, 3.05) is 26.9 Å². The molecule has 4 heteroatoms. The van der Waals surface area contributed by atoms with Crippen molar-refractivity contribution in [2.24, 2.45) is 16.7 Å². The van der Waals surface area contributed by atoms with Crippen LogP contribution in [0.1, 0.15) is 86.0 Å². The van der Waals surface area contributed by atoms with Crippen LogP contribution < -0.4 is 0 Å². The van der Waals surface area contributed by atoms with Crippen molar-refractivity contribution in [1.29, 1.82) is 0 Å². The van der Waals surface area contributed by atoms with E-state index in [0.29, 0.717) is 30.7 Å². The fourth-order valence-electron chi connectivity index (χ4n) is 3.23. The van der Waals surface area contributed by atoms with Gasteiger partial charge in [0.1, 0.15) is 5.92 Å². The van der Waals surface area contributed by atoms with E-state index in [-0.39, 0.29) is 18.0 Å². The summed E-state index contributed by atoms with van der Waals surface area (Å²) in [4.78, 5) is 11.6. The number of esters is 1. The van der Waals surface area contributed by atoms with Crippen molar-refractivity contribution < 1.29 is 19.0 Å². The van der Waals surface area contributed by atoms with E-state index in [1.807, 2.05) is 0 Å². The van der Waals surface area contributed by atoms with Crippen LogP contribution in [0, 0.1) is 16.7 Å². The normalized spacial score (nSPS) is 21.2. The molecule has 4 nitrogen and oxygen atoms in total. The Morgan fingerprint density at radius 3 is 2.08 bits per heavy atom. The maximum Gasteiger partial charge on any atom is 0.313 e. The predicted molar refractivity (Wildman–Crippen MR) is 106 cm³/mol. The average Bonchev–Trinajstić information content (AvgIpc) is 3.03. The third-order valence-corrected chi connectivity index (χ3v) is 6.34. The molecule has 26 heavy (non-hydrogen) atoms. The summed E-state index contributed by atoms with van der Waals surface area (Å²) in [5.74, 6) is -0.473. The highest BCUT2D eigenvalue weighted by atomic mass is 16.6. The molecule has 1 heterocycles. The van der Waals surface area contributed by atoms with Crippen LogP contribution in [0.5, 0.6) is 0 Å². The fourth-order valence-corrected chi connectivity index (χ4v) is 3.23. The standard InChI is InChI=1S/C22H42O4/c1-21(2,3)22(4,5)14-12-10-8-7-9-11-13-15-26-19-17-25-16-18(19)20(23)24-6/h18-19H,7-17H2,1-6H3. The van der Waals surface area contributed by atoms with Crippen molar-refractivity contribution >= 4 is 5.97 Å². The van der Waals surface area contributed by atoms with Crippen LogP contribution in [-0.2, 0) is 19.0 Å². The molecule has 0 aromatic rings. The van der Waals surface area contributed by atoms with E-state index in [4.69, 9.17) is 14.2 Å². The summed E-state index contributed by atoms with van der Waals surface area (Å²) >= 11 is 0. The largest absolute Gasteiger partial charge is 0.469 e. The van der Waals surface area contributed by atoms with Crippen LogP contribution >= 0.6 is 0 Å². The molecule has 0 bridgehead atoms. The summed E-state index contributed by atoms with van der Waals surface area (Å²) in [5, 5.41) is 0. The fraction of sp³-hybridized carbons (Fsp3) is 0.955. The number of rotatable bonds is 12. The molecule has 0 aromatic heterocycles. The minimum absolute atomic E-state index is 0.131. The van der Waals surface area contributed by atoms with Crippen molar-refractivity contribution in [3.8, 4) is 0 Å². The van der Waals surface area contributed by atoms with Gasteiger partial charge in [-0.2, -0.15) is 0 Å². The van der Waals surface area contributed by atoms with Gasteiger partial charge in [-0.3, -0.25) is 4.79 Å². The number of ether oxygens (including phenoxy) is 3. The molecule has 2 unspecified atom stereocenters. The second-order valence-electron chi connectivity index (χ2n) is 9.44. The van der Waals surface area contributed by atoms with Crippen molar-refractivity contribution in [3.63, 3.8) is 0 Å². The maximum absolute atomic E-state index is 11.6. The average molecular weight is 371 g/mol.